The highest BCUT2D eigenvalue weighted by atomic mass is 35.5. The SMILES string of the molecule is COc1ccc2[nH]cc(NC(=O)Nc3cnc(C4CCC(F)(F)CC4)c(Cl)c3)c2n1. The second-order valence-electron chi connectivity index (χ2n) is 7.25. The molecule has 0 saturated heterocycles. The number of methoxy groups -OCH3 is 1. The second kappa shape index (κ2) is 8.06. The Labute approximate surface area is 176 Å². The van der Waals surface area contributed by atoms with Crippen LogP contribution in [0.4, 0.5) is 25.0 Å². The van der Waals surface area contributed by atoms with Crippen molar-refractivity contribution in [2.75, 3.05) is 17.7 Å². The summed E-state index contributed by atoms with van der Waals surface area (Å²) in [5.41, 5.74) is 2.78. The molecule has 3 N–H and O–H groups in total. The maximum Gasteiger partial charge on any atom is 0.323 e. The van der Waals surface area contributed by atoms with E-state index in [9.17, 15) is 13.6 Å². The van der Waals surface area contributed by atoms with Crippen molar-refractivity contribution in [3.63, 3.8) is 0 Å². The van der Waals surface area contributed by atoms with E-state index in [2.05, 4.69) is 25.6 Å². The molecule has 3 heterocycles. The number of urea groups is 1. The standard InChI is InChI=1S/C20H20ClF2N5O2/c1-30-16-3-2-14-18(28-16)15(10-24-14)27-19(29)26-12-8-13(21)17(25-9-12)11-4-6-20(22,23)7-5-11/h2-3,8-11,24H,4-7H2,1H3,(H2,26,27,29). The third-order valence-electron chi connectivity index (χ3n) is 5.19. The number of carbonyl (C=O) groups is 1. The molecule has 158 valence electrons. The van der Waals surface area contributed by atoms with Crippen molar-refractivity contribution in [2.24, 2.45) is 0 Å². The number of carbonyl (C=O) groups excluding carboxylic acids is 1. The van der Waals surface area contributed by atoms with Crippen LogP contribution < -0.4 is 15.4 Å². The number of nitrogens with zero attached hydrogens (tertiary/aromatic N) is 2. The van der Waals surface area contributed by atoms with Gasteiger partial charge in [0.15, 0.2) is 0 Å². The van der Waals surface area contributed by atoms with Crippen molar-refractivity contribution in [3.05, 3.63) is 41.3 Å². The number of alkyl halides is 2. The lowest BCUT2D eigenvalue weighted by Crippen LogP contribution is -2.24. The zero-order valence-electron chi connectivity index (χ0n) is 16.1. The van der Waals surface area contributed by atoms with Crippen LogP contribution in [-0.2, 0) is 0 Å². The Morgan fingerprint density at radius 3 is 2.77 bits per heavy atom. The van der Waals surface area contributed by atoms with Gasteiger partial charge in [0.1, 0.15) is 5.52 Å². The third-order valence-corrected chi connectivity index (χ3v) is 5.49. The monoisotopic (exact) mass is 435 g/mol. The zero-order valence-corrected chi connectivity index (χ0v) is 16.9. The number of H-pyrrole nitrogens is 1. The molecular formula is C20H20ClF2N5O2. The molecule has 0 spiro atoms. The van der Waals surface area contributed by atoms with Crippen molar-refractivity contribution in [1.82, 2.24) is 15.0 Å². The molecule has 1 aliphatic rings. The summed E-state index contributed by atoms with van der Waals surface area (Å²) in [6.07, 6.45) is 3.45. The van der Waals surface area contributed by atoms with Crippen LogP contribution in [0.25, 0.3) is 11.0 Å². The summed E-state index contributed by atoms with van der Waals surface area (Å²) >= 11 is 6.32. The number of amides is 2. The van der Waals surface area contributed by atoms with E-state index in [0.717, 1.165) is 5.52 Å². The summed E-state index contributed by atoms with van der Waals surface area (Å²) in [4.78, 5) is 24.1. The molecule has 1 fully saturated rings. The molecule has 4 rings (SSSR count). The van der Waals surface area contributed by atoms with Crippen LogP contribution >= 0.6 is 11.6 Å². The summed E-state index contributed by atoms with van der Waals surface area (Å²) in [7, 11) is 1.51. The first-order chi connectivity index (χ1) is 14.3. The largest absolute Gasteiger partial charge is 0.481 e. The Balaban J connectivity index is 1.43. The molecule has 1 aliphatic carbocycles. The predicted molar refractivity (Wildman–Crippen MR) is 111 cm³/mol. The van der Waals surface area contributed by atoms with Gasteiger partial charge in [-0.2, -0.15) is 0 Å². The van der Waals surface area contributed by atoms with Crippen molar-refractivity contribution in [2.45, 2.75) is 37.5 Å². The van der Waals surface area contributed by atoms with E-state index in [-0.39, 0.29) is 18.8 Å². The molecule has 0 aliphatic heterocycles. The van der Waals surface area contributed by atoms with Crippen LogP contribution in [0.5, 0.6) is 5.88 Å². The van der Waals surface area contributed by atoms with Gasteiger partial charge in [0, 0.05) is 31.0 Å². The van der Waals surface area contributed by atoms with Gasteiger partial charge in [-0.15, -0.1) is 0 Å². The second-order valence-corrected chi connectivity index (χ2v) is 7.66. The maximum absolute atomic E-state index is 13.4. The third kappa shape index (κ3) is 4.30. The number of aromatic amines is 1. The average molecular weight is 436 g/mol. The number of anilines is 2. The van der Waals surface area contributed by atoms with Gasteiger partial charge in [0.25, 0.3) is 0 Å². The fourth-order valence-corrected chi connectivity index (χ4v) is 3.93. The highest BCUT2D eigenvalue weighted by Gasteiger charge is 2.36. The minimum absolute atomic E-state index is 0.104. The number of hydrogen-bond donors (Lipinski definition) is 3. The molecule has 3 aromatic heterocycles. The quantitative estimate of drug-likeness (QED) is 0.500. The van der Waals surface area contributed by atoms with Gasteiger partial charge < -0.3 is 20.4 Å². The van der Waals surface area contributed by atoms with E-state index >= 15 is 0 Å². The molecule has 2 amide bonds. The Morgan fingerprint density at radius 2 is 2.07 bits per heavy atom. The van der Waals surface area contributed by atoms with Crippen molar-refractivity contribution in [3.8, 4) is 5.88 Å². The summed E-state index contributed by atoms with van der Waals surface area (Å²) in [6, 6.07) is 4.59. The van der Waals surface area contributed by atoms with Crippen LogP contribution in [0.1, 0.15) is 37.3 Å². The Hall–Kier alpha value is -2.94. The molecule has 0 bridgehead atoms. The van der Waals surface area contributed by atoms with Crippen molar-refractivity contribution in [1.29, 1.82) is 0 Å². The molecule has 0 atom stereocenters. The van der Waals surface area contributed by atoms with Gasteiger partial charge in [-0.1, -0.05) is 11.6 Å². The lowest BCUT2D eigenvalue weighted by atomic mass is 9.84. The van der Waals surface area contributed by atoms with E-state index < -0.39 is 12.0 Å². The number of rotatable bonds is 4. The van der Waals surface area contributed by atoms with Crippen molar-refractivity contribution < 1.29 is 18.3 Å². The number of aromatic nitrogens is 3. The van der Waals surface area contributed by atoms with E-state index in [1.165, 1.54) is 13.3 Å². The lowest BCUT2D eigenvalue weighted by molar-refractivity contribution is -0.0384. The number of fused-ring (bicyclic) bond motifs is 1. The van der Waals surface area contributed by atoms with Crippen LogP contribution in [0.15, 0.2) is 30.6 Å². The lowest BCUT2D eigenvalue weighted by Gasteiger charge is -2.28. The summed E-state index contributed by atoms with van der Waals surface area (Å²) < 4.78 is 31.9. The smallest absolute Gasteiger partial charge is 0.323 e. The number of ether oxygens (including phenoxy) is 1. The van der Waals surface area contributed by atoms with Gasteiger partial charge in [-0.25, -0.2) is 18.6 Å². The van der Waals surface area contributed by atoms with Gasteiger partial charge in [0.2, 0.25) is 11.8 Å². The first-order valence-corrected chi connectivity index (χ1v) is 9.86. The minimum Gasteiger partial charge on any atom is -0.481 e. The molecule has 0 unspecified atom stereocenters. The van der Waals surface area contributed by atoms with Crippen LogP contribution in [0.3, 0.4) is 0 Å². The number of hydrogen-bond acceptors (Lipinski definition) is 4. The molecule has 0 aromatic carbocycles. The van der Waals surface area contributed by atoms with Gasteiger partial charge >= 0.3 is 6.03 Å². The number of halogens is 3. The van der Waals surface area contributed by atoms with Crippen LogP contribution in [0.2, 0.25) is 5.02 Å². The topological polar surface area (TPSA) is 91.9 Å². The van der Waals surface area contributed by atoms with E-state index in [1.807, 2.05) is 0 Å². The Bertz CT molecular complexity index is 1080. The van der Waals surface area contributed by atoms with Crippen molar-refractivity contribution >= 4 is 40.0 Å². The molecule has 1 saturated carbocycles. The van der Waals surface area contributed by atoms with E-state index in [4.69, 9.17) is 16.3 Å². The average Bonchev–Trinajstić information content (AvgIpc) is 3.10. The van der Waals surface area contributed by atoms with Gasteiger partial charge in [0.05, 0.1) is 40.9 Å². The first-order valence-electron chi connectivity index (χ1n) is 9.48. The molecule has 7 nitrogen and oxygen atoms in total. The Kier molecular flexibility index (Phi) is 5.46. The summed E-state index contributed by atoms with van der Waals surface area (Å²) in [5, 5.41) is 5.73. The molecule has 0 radical (unpaired) electrons. The number of nitrogens with one attached hydrogen (secondary N) is 3. The molecule has 30 heavy (non-hydrogen) atoms. The van der Waals surface area contributed by atoms with Gasteiger partial charge in [-0.3, -0.25) is 4.98 Å². The summed E-state index contributed by atoms with van der Waals surface area (Å²) in [6.45, 7) is 0. The van der Waals surface area contributed by atoms with E-state index in [0.29, 0.717) is 46.3 Å². The zero-order chi connectivity index (χ0) is 21.3. The molecule has 3 aromatic rings. The summed E-state index contributed by atoms with van der Waals surface area (Å²) in [5.74, 6) is -2.28. The fraction of sp³-hybridized carbons (Fsp3) is 0.350. The number of pyridine rings is 2. The highest BCUT2D eigenvalue weighted by Crippen LogP contribution is 2.42. The van der Waals surface area contributed by atoms with Gasteiger partial charge in [-0.05, 0) is 25.0 Å². The molecular weight excluding hydrogens is 416 g/mol. The fourth-order valence-electron chi connectivity index (χ4n) is 3.61. The minimum atomic E-state index is -2.61. The molecule has 10 heteroatoms. The van der Waals surface area contributed by atoms with E-state index in [1.54, 1.807) is 24.4 Å². The van der Waals surface area contributed by atoms with Crippen LogP contribution in [-0.4, -0.2) is 34.0 Å². The van der Waals surface area contributed by atoms with Crippen LogP contribution in [0, 0.1) is 0 Å². The normalized spacial score (nSPS) is 16.4. The highest BCUT2D eigenvalue weighted by molar-refractivity contribution is 6.31. The first kappa shape index (κ1) is 20.3. The predicted octanol–water partition coefficient (Wildman–Crippen LogP) is 5.56. The maximum atomic E-state index is 13.4. The Morgan fingerprint density at radius 1 is 1.30 bits per heavy atom.